The molecule has 0 spiro atoms. The maximum Gasteiger partial charge on any atom is 0.128 e. The first-order chi connectivity index (χ1) is 8.63. The molecule has 0 aromatic carbocycles. The minimum absolute atomic E-state index is 0.503. The Bertz CT molecular complexity index is 377. The van der Waals surface area contributed by atoms with Crippen LogP contribution in [0.5, 0.6) is 5.75 Å². The van der Waals surface area contributed by atoms with Crippen molar-refractivity contribution in [3.8, 4) is 5.75 Å². The molecule has 0 saturated carbocycles. The van der Waals surface area contributed by atoms with Crippen LogP contribution in [0, 0.1) is 13.8 Å². The molecular formula is C15H26N2O. The van der Waals surface area contributed by atoms with Gasteiger partial charge in [0.05, 0.1) is 7.11 Å². The van der Waals surface area contributed by atoms with Crippen LogP contribution < -0.4 is 10.1 Å². The van der Waals surface area contributed by atoms with Crippen LogP contribution in [0.25, 0.3) is 0 Å². The number of ether oxygens (including phenoxy) is 1. The van der Waals surface area contributed by atoms with Crippen molar-refractivity contribution in [2.75, 3.05) is 13.7 Å². The van der Waals surface area contributed by atoms with Gasteiger partial charge in [-0.15, -0.1) is 0 Å². The predicted molar refractivity (Wildman–Crippen MR) is 76.3 cm³/mol. The van der Waals surface area contributed by atoms with E-state index in [2.05, 4.69) is 31.1 Å². The average molecular weight is 250 g/mol. The standard InChI is InChI=1S/C15H26N2O/c1-6-8-16-13(7-2)9-14-12(4)15(18-5)11(3)10-17-14/h10,13,16H,6-9H2,1-5H3. The minimum atomic E-state index is 0.503. The van der Waals surface area contributed by atoms with Crippen LogP contribution in [-0.4, -0.2) is 24.7 Å². The molecule has 18 heavy (non-hydrogen) atoms. The minimum Gasteiger partial charge on any atom is -0.496 e. The fraction of sp³-hybridized carbons (Fsp3) is 0.667. The largest absolute Gasteiger partial charge is 0.496 e. The van der Waals surface area contributed by atoms with Gasteiger partial charge in [-0.2, -0.15) is 0 Å². The first kappa shape index (κ1) is 15.0. The number of hydrogen-bond donors (Lipinski definition) is 1. The summed E-state index contributed by atoms with van der Waals surface area (Å²) in [5.74, 6) is 0.977. The molecule has 0 fully saturated rings. The van der Waals surface area contributed by atoms with E-state index in [-0.39, 0.29) is 0 Å². The molecule has 1 rings (SSSR count). The van der Waals surface area contributed by atoms with E-state index in [1.165, 1.54) is 12.0 Å². The second-order valence-corrected chi connectivity index (χ2v) is 4.81. The van der Waals surface area contributed by atoms with Crippen molar-refractivity contribution in [1.82, 2.24) is 10.3 Å². The second kappa shape index (κ2) is 7.37. The highest BCUT2D eigenvalue weighted by atomic mass is 16.5. The third-order valence-corrected chi connectivity index (χ3v) is 3.37. The molecule has 1 heterocycles. The molecule has 0 radical (unpaired) electrons. The molecule has 1 atom stereocenters. The highest BCUT2D eigenvalue weighted by Crippen LogP contribution is 2.24. The highest BCUT2D eigenvalue weighted by Gasteiger charge is 2.13. The van der Waals surface area contributed by atoms with Gasteiger partial charge in [0, 0.05) is 35.5 Å². The number of rotatable bonds is 7. The summed E-state index contributed by atoms with van der Waals surface area (Å²) in [6, 6.07) is 0.503. The first-order valence-corrected chi connectivity index (χ1v) is 6.86. The molecule has 1 N–H and O–H groups in total. The number of nitrogens with one attached hydrogen (secondary N) is 1. The van der Waals surface area contributed by atoms with Crippen LogP contribution in [0.1, 0.15) is 43.5 Å². The van der Waals surface area contributed by atoms with E-state index < -0.39 is 0 Å². The van der Waals surface area contributed by atoms with Crippen molar-refractivity contribution in [1.29, 1.82) is 0 Å². The van der Waals surface area contributed by atoms with Gasteiger partial charge in [0.25, 0.3) is 0 Å². The maximum absolute atomic E-state index is 5.45. The summed E-state index contributed by atoms with van der Waals surface area (Å²) in [5.41, 5.74) is 3.43. The van der Waals surface area contributed by atoms with Gasteiger partial charge in [-0.3, -0.25) is 4.98 Å². The summed E-state index contributed by atoms with van der Waals surface area (Å²) in [6.45, 7) is 9.61. The van der Waals surface area contributed by atoms with E-state index in [4.69, 9.17) is 4.74 Å². The predicted octanol–water partition coefficient (Wildman–Crippen LogP) is 3.03. The molecule has 3 nitrogen and oxygen atoms in total. The van der Waals surface area contributed by atoms with Crippen molar-refractivity contribution < 1.29 is 4.74 Å². The Morgan fingerprint density at radius 2 is 2.06 bits per heavy atom. The van der Waals surface area contributed by atoms with Gasteiger partial charge < -0.3 is 10.1 Å². The molecule has 0 aliphatic heterocycles. The Labute approximate surface area is 111 Å². The number of methoxy groups -OCH3 is 1. The van der Waals surface area contributed by atoms with E-state index in [0.717, 1.165) is 36.4 Å². The molecule has 0 bridgehead atoms. The first-order valence-electron chi connectivity index (χ1n) is 6.86. The van der Waals surface area contributed by atoms with Crippen LogP contribution in [0.3, 0.4) is 0 Å². The van der Waals surface area contributed by atoms with Crippen LogP contribution >= 0.6 is 0 Å². The molecule has 0 aliphatic rings. The summed E-state index contributed by atoms with van der Waals surface area (Å²) >= 11 is 0. The lowest BCUT2D eigenvalue weighted by Crippen LogP contribution is -2.31. The Morgan fingerprint density at radius 1 is 1.33 bits per heavy atom. The summed E-state index contributed by atoms with van der Waals surface area (Å²) in [5, 5.41) is 3.57. The number of aromatic nitrogens is 1. The molecule has 0 saturated heterocycles. The Balaban J connectivity index is 2.83. The third kappa shape index (κ3) is 3.70. The Morgan fingerprint density at radius 3 is 2.61 bits per heavy atom. The fourth-order valence-electron chi connectivity index (χ4n) is 2.22. The Kier molecular flexibility index (Phi) is 6.13. The summed E-state index contributed by atoms with van der Waals surface area (Å²) in [7, 11) is 1.73. The molecule has 0 amide bonds. The van der Waals surface area contributed by atoms with Gasteiger partial charge in [-0.1, -0.05) is 13.8 Å². The van der Waals surface area contributed by atoms with Gasteiger partial charge in [0.15, 0.2) is 0 Å². The van der Waals surface area contributed by atoms with Crippen molar-refractivity contribution in [3.63, 3.8) is 0 Å². The fourth-order valence-corrected chi connectivity index (χ4v) is 2.22. The number of pyridine rings is 1. The Hall–Kier alpha value is -1.09. The van der Waals surface area contributed by atoms with E-state index in [9.17, 15) is 0 Å². The molecule has 1 unspecified atom stereocenters. The summed E-state index contributed by atoms with van der Waals surface area (Å²) < 4.78 is 5.45. The lowest BCUT2D eigenvalue weighted by atomic mass is 10.0. The van der Waals surface area contributed by atoms with E-state index >= 15 is 0 Å². The van der Waals surface area contributed by atoms with Gasteiger partial charge >= 0.3 is 0 Å². The topological polar surface area (TPSA) is 34.2 Å². The van der Waals surface area contributed by atoms with Crippen molar-refractivity contribution in [2.24, 2.45) is 0 Å². The average Bonchev–Trinajstić information content (AvgIpc) is 2.37. The zero-order chi connectivity index (χ0) is 13.5. The zero-order valence-electron chi connectivity index (χ0n) is 12.3. The van der Waals surface area contributed by atoms with E-state index in [1.54, 1.807) is 7.11 Å². The molecular weight excluding hydrogens is 224 g/mol. The summed E-state index contributed by atoms with van der Waals surface area (Å²) in [6.07, 6.45) is 5.17. The normalized spacial score (nSPS) is 12.5. The summed E-state index contributed by atoms with van der Waals surface area (Å²) in [4.78, 5) is 4.56. The molecule has 3 heteroatoms. The van der Waals surface area contributed by atoms with E-state index in [1.807, 2.05) is 13.1 Å². The third-order valence-electron chi connectivity index (χ3n) is 3.37. The van der Waals surface area contributed by atoms with Gasteiger partial charge in [0.2, 0.25) is 0 Å². The van der Waals surface area contributed by atoms with Crippen LogP contribution in [0.15, 0.2) is 6.20 Å². The molecule has 1 aromatic heterocycles. The monoisotopic (exact) mass is 250 g/mol. The number of nitrogens with zero attached hydrogens (tertiary/aromatic N) is 1. The second-order valence-electron chi connectivity index (χ2n) is 4.81. The zero-order valence-corrected chi connectivity index (χ0v) is 12.3. The van der Waals surface area contributed by atoms with Crippen LogP contribution in [0.4, 0.5) is 0 Å². The van der Waals surface area contributed by atoms with Gasteiger partial charge in [-0.05, 0) is 33.2 Å². The molecule has 1 aromatic rings. The smallest absolute Gasteiger partial charge is 0.128 e. The van der Waals surface area contributed by atoms with Crippen LogP contribution in [0.2, 0.25) is 0 Å². The number of hydrogen-bond acceptors (Lipinski definition) is 3. The van der Waals surface area contributed by atoms with Crippen molar-refractivity contribution in [2.45, 2.75) is 53.0 Å². The number of aryl methyl sites for hydroxylation is 1. The SMILES string of the molecule is CCCNC(CC)Cc1ncc(C)c(OC)c1C. The van der Waals surface area contributed by atoms with Gasteiger partial charge in [-0.25, -0.2) is 0 Å². The molecule has 102 valence electrons. The lowest BCUT2D eigenvalue weighted by Gasteiger charge is -2.18. The maximum atomic E-state index is 5.45. The lowest BCUT2D eigenvalue weighted by molar-refractivity contribution is 0.405. The van der Waals surface area contributed by atoms with E-state index in [0.29, 0.717) is 6.04 Å². The van der Waals surface area contributed by atoms with Crippen molar-refractivity contribution in [3.05, 3.63) is 23.0 Å². The molecule has 0 aliphatic carbocycles. The van der Waals surface area contributed by atoms with Crippen molar-refractivity contribution >= 4 is 0 Å². The van der Waals surface area contributed by atoms with Crippen LogP contribution in [-0.2, 0) is 6.42 Å². The highest BCUT2D eigenvalue weighted by molar-refractivity contribution is 5.41. The quantitative estimate of drug-likeness (QED) is 0.807. The van der Waals surface area contributed by atoms with Gasteiger partial charge in [0.1, 0.15) is 5.75 Å².